The van der Waals surface area contributed by atoms with Gasteiger partial charge in [0.2, 0.25) is 0 Å². The van der Waals surface area contributed by atoms with Gasteiger partial charge in [-0.1, -0.05) is 24.3 Å². The number of nitriles is 1. The zero-order chi connectivity index (χ0) is 14.3. The number of methoxy groups -OCH3 is 1. The van der Waals surface area contributed by atoms with Crippen molar-refractivity contribution in [3.63, 3.8) is 0 Å². The summed E-state index contributed by atoms with van der Waals surface area (Å²) in [6.45, 7) is 0. The van der Waals surface area contributed by atoms with E-state index >= 15 is 0 Å². The minimum Gasteiger partial charge on any atom is -0.477 e. The Balaban J connectivity index is 2.82. The van der Waals surface area contributed by atoms with Gasteiger partial charge in [-0.2, -0.15) is 5.26 Å². The highest BCUT2D eigenvalue weighted by molar-refractivity contribution is 5.91. The molecule has 1 N–H and O–H groups in total. The second-order valence-corrected chi connectivity index (χ2v) is 3.47. The molecule has 0 saturated heterocycles. The van der Waals surface area contributed by atoms with Crippen LogP contribution in [0.3, 0.4) is 0 Å². The van der Waals surface area contributed by atoms with E-state index in [2.05, 4.69) is 4.74 Å². The second kappa shape index (κ2) is 6.77. The van der Waals surface area contributed by atoms with Crippen LogP contribution < -0.4 is 0 Å². The SMILES string of the molecule is COC(=O)c1ccc(C=CC=C(C#N)C(=O)O)cc1. The van der Waals surface area contributed by atoms with Crippen molar-refractivity contribution in [2.75, 3.05) is 7.11 Å². The summed E-state index contributed by atoms with van der Waals surface area (Å²) in [7, 11) is 1.30. The quantitative estimate of drug-likeness (QED) is 0.386. The van der Waals surface area contributed by atoms with Crippen molar-refractivity contribution < 1.29 is 19.4 Å². The Labute approximate surface area is 110 Å². The second-order valence-electron chi connectivity index (χ2n) is 3.47. The summed E-state index contributed by atoms with van der Waals surface area (Å²) in [6.07, 6.45) is 4.29. The van der Waals surface area contributed by atoms with E-state index in [9.17, 15) is 9.59 Å². The van der Waals surface area contributed by atoms with Crippen molar-refractivity contribution in [3.8, 4) is 6.07 Å². The Hall–Kier alpha value is -2.87. The number of carbonyl (C=O) groups is 2. The van der Waals surface area contributed by atoms with Crippen LogP contribution >= 0.6 is 0 Å². The number of benzene rings is 1. The summed E-state index contributed by atoms with van der Waals surface area (Å²) >= 11 is 0. The number of rotatable bonds is 4. The van der Waals surface area contributed by atoms with Gasteiger partial charge in [0.15, 0.2) is 0 Å². The van der Waals surface area contributed by atoms with Gasteiger partial charge in [0.05, 0.1) is 12.7 Å². The molecule has 0 unspecified atom stereocenters. The van der Waals surface area contributed by atoms with E-state index in [0.717, 1.165) is 5.56 Å². The first-order chi connectivity index (χ1) is 9.08. The van der Waals surface area contributed by atoms with E-state index in [4.69, 9.17) is 10.4 Å². The molecule has 0 saturated carbocycles. The van der Waals surface area contributed by atoms with Gasteiger partial charge in [-0.25, -0.2) is 9.59 Å². The molecular formula is C14H11NO4. The molecule has 0 aliphatic carbocycles. The molecule has 5 nitrogen and oxygen atoms in total. The number of esters is 1. The molecule has 1 aromatic carbocycles. The fourth-order valence-corrected chi connectivity index (χ4v) is 1.26. The summed E-state index contributed by atoms with van der Waals surface area (Å²) in [4.78, 5) is 21.7. The van der Waals surface area contributed by atoms with Gasteiger partial charge in [-0.3, -0.25) is 0 Å². The van der Waals surface area contributed by atoms with E-state index < -0.39 is 11.9 Å². The average molecular weight is 257 g/mol. The van der Waals surface area contributed by atoms with E-state index in [1.165, 1.54) is 19.3 Å². The van der Waals surface area contributed by atoms with Crippen LogP contribution in [-0.4, -0.2) is 24.2 Å². The van der Waals surface area contributed by atoms with Gasteiger partial charge in [0.25, 0.3) is 0 Å². The van der Waals surface area contributed by atoms with Gasteiger partial charge < -0.3 is 9.84 Å². The molecule has 0 spiro atoms. The molecule has 0 aliphatic heterocycles. The number of allylic oxidation sites excluding steroid dienone is 2. The van der Waals surface area contributed by atoms with Crippen LogP contribution in [-0.2, 0) is 9.53 Å². The fourth-order valence-electron chi connectivity index (χ4n) is 1.26. The molecule has 0 aromatic heterocycles. The predicted octanol–water partition coefficient (Wildman–Crippen LogP) is 2.02. The van der Waals surface area contributed by atoms with Crippen molar-refractivity contribution in [2.45, 2.75) is 0 Å². The number of carboxylic acids is 1. The molecule has 1 rings (SSSR count). The van der Waals surface area contributed by atoms with Crippen molar-refractivity contribution in [2.24, 2.45) is 0 Å². The summed E-state index contributed by atoms with van der Waals surface area (Å²) in [5, 5.41) is 17.2. The van der Waals surface area contributed by atoms with E-state index in [0.29, 0.717) is 5.56 Å². The first-order valence-electron chi connectivity index (χ1n) is 5.28. The highest BCUT2D eigenvalue weighted by atomic mass is 16.5. The Morgan fingerprint density at radius 1 is 1.32 bits per heavy atom. The van der Waals surface area contributed by atoms with Gasteiger partial charge in [0.1, 0.15) is 11.6 Å². The molecule has 96 valence electrons. The number of ether oxygens (including phenoxy) is 1. The maximum atomic E-state index is 11.2. The minimum atomic E-state index is -1.27. The number of hydrogen-bond donors (Lipinski definition) is 1. The van der Waals surface area contributed by atoms with E-state index in [-0.39, 0.29) is 5.57 Å². The number of carboxylic acid groups (broad SMARTS) is 1. The first kappa shape index (κ1) is 14.2. The fraction of sp³-hybridized carbons (Fsp3) is 0.0714. The topological polar surface area (TPSA) is 87.4 Å². The van der Waals surface area contributed by atoms with Crippen LogP contribution in [0.1, 0.15) is 15.9 Å². The predicted molar refractivity (Wildman–Crippen MR) is 68.1 cm³/mol. The first-order valence-corrected chi connectivity index (χ1v) is 5.28. The largest absolute Gasteiger partial charge is 0.477 e. The molecule has 0 aliphatic rings. The lowest BCUT2D eigenvalue weighted by Gasteiger charge is -1.98. The molecular weight excluding hydrogens is 246 g/mol. The average Bonchev–Trinajstić information content (AvgIpc) is 2.43. The summed E-state index contributed by atoms with van der Waals surface area (Å²) in [5.41, 5.74) is 0.854. The molecule has 0 heterocycles. The Kier molecular flexibility index (Phi) is 5.05. The van der Waals surface area contributed by atoms with Gasteiger partial charge in [-0.05, 0) is 23.8 Å². The third-order valence-corrected chi connectivity index (χ3v) is 2.23. The highest BCUT2D eigenvalue weighted by Crippen LogP contribution is 2.07. The molecule has 1 aromatic rings. The number of aliphatic carboxylic acids is 1. The maximum absolute atomic E-state index is 11.2. The van der Waals surface area contributed by atoms with Crippen molar-refractivity contribution in [3.05, 3.63) is 53.1 Å². The molecule has 19 heavy (non-hydrogen) atoms. The van der Waals surface area contributed by atoms with Crippen LogP contribution in [0, 0.1) is 11.3 Å². The van der Waals surface area contributed by atoms with E-state index in [1.54, 1.807) is 36.4 Å². The molecule has 0 bridgehead atoms. The number of nitrogens with zero attached hydrogens (tertiary/aromatic N) is 1. The molecule has 0 radical (unpaired) electrons. The summed E-state index contributed by atoms with van der Waals surface area (Å²) in [6, 6.07) is 8.13. The third kappa shape index (κ3) is 4.13. The zero-order valence-corrected chi connectivity index (χ0v) is 10.2. The summed E-state index contributed by atoms with van der Waals surface area (Å²) < 4.78 is 4.56. The lowest BCUT2D eigenvalue weighted by Crippen LogP contribution is -2.00. The smallest absolute Gasteiger partial charge is 0.346 e. The highest BCUT2D eigenvalue weighted by Gasteiger charge is 2.04. The minimum absolute atomic E-state index is 0.345. The molecule has 0 amide bonds. The van der Waals surface area contributed by atoms with Crippen LogP contribution in [0.15, 0.2) is 42.0 Å². The lowest BCUT2D eigenvalue weighted by atomic mass is 10.1. The monoisotopic (exact) mass is 257 g/mol. The molecule has 0 fully saturated rings. The molecule has 5 heteroatoms. The van der Waals surface area contributed by atoms with Crippen LogP contribution in [0.4, 0.5) is 0 Å². The standard InChI is InChI=1S/C14H11NO4/c1-19-14(18)11-7-5-10(6-8-11)3-2-4-12(9-15)13(16)17/h2-8H,1H3,(H,16,17). The Bertz CT molecular complexity index is 576. The summed E-state index contributed by atoms with van der Waals surface area (Å²) in [5.74, 6) is -1.69. The van der Waals surface area contributed by atoms with Crippen molar-refractivity contribution in [1.82, 2.24) is 0 Å². The maximum Gasteiger partial charge on any atom is 0.346 e. The van der Waals surface area contributed by atoms with Gasteiger partial charge in [0, 0.05) is 0 Å². The zero-order valence-electron chi connectivity index (χ0n) is 10.2. The van der Waals surface area contributed by atoms with Crippen LogP contribution in [0.2, 0.25) is 0 Å². The molecule has 0 atom stereocenters. The van der Waals surface area contributed by atoms with Crippen molar-refractivity contribution >= 4 is 18.0 Å². The van der Waals surface area contributed by atoms with Crippen LogP contribution in [0.5, 0.6) is 0 Å². The van der Waals surface area contributed by atoms with Crippen LogP contribution in [0.25, 0.3) is 6.08 Å². The Morgan fingerprint density at radius 3 is 2.42 bits per heavy atom. The van der Waals surface area contributed by atoms with Crippen molar-refractivity contribution in [1.29, 1.82) is 5.26 Å². The van der Waals surface area contributed by atoms with E-state index in [1.807, 2.05) is 0 Å². The van der Waals surface area contributed by atoms with Gasteiger partial charge in [-0.15, -0.1) is 0 Å². The van der Waals surface area contributed by atoms with Gasteiger partial charge >= 0.3 is 11.9 Å². The number of carbonyl (C=O) groups excluding carboxylic acids is 1. The lowest BCUT2D eigenvalue weighted by molar-refractivity contribution is -0.132. The third-order valence-electron chi connectivity index (χ3n) is 2.23. The number of hydrogen-bond acceptors (Lipinski definition) is 4. The normalized spacial score (nSPS) is 11.1. The Morgan fingerprint density at radius 2 is 1.95 bits per heavy atom.